The Morgan fingerprint density at radius 1 is 1.20 bits per heavy atom. The first kappa shape index (κ1) is 21.5. The minimum Gasteiger partial charge on any atom is -0.231 e. The van der Waals surface area contributed by atoms with E-state index in [1.807, 2.05) is 24.3 Å². The van der Waals surface area contributed by atoms with Crippen molar-refractivity contribution in [1.82, 2.24) is 14.3 Å². The second-order valence-electron chi connectivity index (χ2n) is 7.44. The average Bonchev–Trinajstić information content (AvgIpc) is 3.25. The Bertz CT molecular complexity index is 1130. The fraction of sp³-hybridized carbons (Fsp3) is 0.364. The molecule has 30 heavy (non-hydrogen) atoms. The number of benzene rings is 1. The SMILES string of the molecule is CCC1CCCCN1S(=O)(=O)c1ccc(-c2ccnc(Sc3cccc(C)c3)n2)s1. The van der Waals surface area contributed by atoms with E-state index in [0.29, 0.717) is 15.9 Å². The van der Waals surface area contributed by atoms with E-state index < -0.39 is 10.0 Å². The van der Waals surface area contributed by atoms with Crippen LogP contribution >= 0.6 is 23.1 Å². The van der Waals surface area contributed by atoms with Gasteiger partial charge in [-0.3, -0.25) is 0 Å². The number of rotatable bonds is 6. The van der Waals surface area contributed by atoms with Crippen molar-refractivity contribution in [1.29, 1.82) is 0 Å². The Morgan fingerprint density at radius 3 is 2.87 bits per heavy atom. The molecule has 1 atom stereocenters. The van der Waals surface area contributed by atoms with E-state index in [1.54, 1.807) is 16.6 Å². The van der Waals surface area contributed by atoms with Crippen molar-refractivity contribution < 1.29 is 8.42 Å². The normalized spacial score (nSPS) is 17.9. The summed E-state index contributed by atoms with van der Waals surface area (Å²) in [6, 6.07) is 13.7. The van der Waals surface area contributed by atoms with Gasteiger partial charge in [-0.1, -0.05) is 31.0 Å². The molecule has 0 bridgehead atoms. The van der Waals surface area contributed by atoms with Crippen LogP contribution in [0.5, 0.6) is 0 Å². The van der Waals surface area contributed by atoms with Gasteiger partial charge in [0.15, 0.2) is 5.16 Å². The van der Waals surface area contributed by atoms with E-state index in [4.69, 9.17) is 0 Å². The second-order valence-corrected chi connectivity index (χ2v) is 11.7. The van der Waals surface area contributed by atoms with Crippen molar-refractivity contribution in [3.05, 3.63) is 54.2 Å². The first-order chi connectivity index (χ1) is 14.5. The van der Waals surface area contributed by atoms with E-state index in [0.717, 1.165) is 41.1 Å². The molecule has 3 heterocycles. The molecule has 1 aliphatic heterocycles. The Hall–Kier alpha value is -1.74. The van der Waals surface area contributed by atoms with E-state index in [1.165, 1.54) is 28.7 Å². The molecule has 1 fully saturated rings. The molecule has 8 heteroatoms. The largest absolute Gasteiger partial charge is 0.252 e. The number of hydrogen-bond donors (Lipinski definition) is 0. The molecule has 0 N–H and O–H groups in total. The Balaban J connectivity index is 1.58. The molecule has 1 aromatic carbocycles. The van der Waals surface area contributed by atoms with Gasteiger partial charge in [0.2, 0.25) is 0 Å². The van der Waals surface area contributed by atoms with Crippen molar-refractivity contribution in [2.75, 3.05) is 6.54 Å². The van der Waals surface area contributed by atoms with Crippen LogP contribution in [0.25, 0.3) is 10.6 Å². The zero-order chi connectivity index (χ0) is 21.1. The Labute approximate surface area is 186 Å². The van der Waals surface area contributed by atoms with Gasteiger partial charge in [-0.2, -0.15) is 4.31 Å². The smallest absolute Gasteiger partial charge is 0.231 e. The number of sulfonamides is 1. The van der Waals surface area contributed by atoms with E-state index in [9.17, 15) is 8.42 Å². The highest BCUT2D eigenvalue weighted by Gasteiger charge is 2.33. The van der Waals surface area contributed by atoms with Gasteiger partial charge in [-0.15, -0.1) is 11.3 Å². The summed E-state index contributed by atoms with van der Waals surface area (Å²) in [6.07, 6.45) is 5.55. The van der Waals surface area contributed by atoms with Gasteiger partial charge < -0.3 is 0 Å². The molecule has 4 rings (SSSR count). The van der Waals surface area contributed by atoms with Gasteiger partial charge in [0, 0.05) is 23.7 Å². The molecular weight excluding hydrogens is 434 g/mol. The maximum atomic E-state index is 13.2. The van der Waals surface area contributed by atoms with Crippen molar-refractivity contribution in [2.24, 2.45) is 0 Å². The summed E-state index contributed by atoms with van der Waals surface area (Å²) in [6.45, 7) is 4.73. The van der Waals surface area contributed by atoms with Gasteiger partial charge >= 0.3 is 0 Å². The number of thiophene rings is 1. The summed E-state index contributed by atoms with van der Waals surface area (Å²) in [5.74, 6) is 0. The van der Waals surface area contributed by atoms with Crippen LogP contribution in [0, 0.1) is 6.92 Å². The van der Waals surface area contributed by atoms with Gasteiger partial charge in [0.1, 0.15) is 4.21 Å². The lowest BCUT2D eigenvalue weighted by molar-refractivity contribution is 0.247. The second kappa shape index (κ2) is 9.18. The van der Waals surface area contributed by atoms with Gasteiger partial charge in [0.05, 0.1) is 10.6 Å². The van der Waals surface area contributed by atoms with Crippen molar-refractivity contribution >= 4 is 33.1 Å². The molecule has 0 amide bonds. The topological polar surface area (TPSA) is 63.2 Å². The molecular formula is C22H25N3O2S3. The Morgan fingerprint density at radius 2 is 2.07 bits per heavy atom. The summed E-state index contributed by atoms with van der Waals surface area (Å²) in [5, 5.41) is 0.651. The number of aryl methyl sites for hydroxylation is 1. The van der Waals surface area contributed by atoms with Crippen LogP contribution in [0.3, 0.4) is 0 Å². The van der Waals surface area contributed by atoms with Crippen molar-refractivity contribution in [2.45, 2.75) is 59.8 Å². The molecule has 0 saturated carbocycles. The lowest BCUT2D eigenvalue weighted by atomic mass is 10.0. The van der Waals surface area contributed by atoms with Crippen LogP contribution in [0.15, 0.2) is 62.9 Å². The number of piperidine rings is 1. The molecule has 1 saturated heterocycles. The summed E-state index contributed by atoms with van der Waals surface area (Å²) >= 11 is 2.79. The molecule has 0 spiro atoms. The molecule has 1 unspecified atom stereocenters. The number of aromatic nitrogens is 2. The summed E-state index contributed by atoms with van der Waals surface area (Å²) in [4.78, 5) is 11.0. The summed E-state index contributed by atoms with van der Waals surface area (Å²) in [5.41, 5.74) is 1.93. The Kier molecular flexibility index (Phi) is 6.57. The minimum absolute atomic E-state index is 0.102. The highest BCUT2D eigenvalue weighted by atomic mass is 32.2. The fourth-order valence-electron chi connectivity index (χ4n) is 3.72. The number of nitrogens with zero attached hydrogens (tertiary/aromatic N) is 3. The molecule has 0 radical (unpaired) electrons. The zero-order valence-electron chi connectivity index (χ0n) is 17.1. The lowest BCUT2D eigenvalue weighted by Gasteiger charge is -2.33. The molecule has 1 aliphatic rings. The monoisotopic (exact) mass is 459 g/mol. The minimum atomic E-state index is -3.47. The molecule has 2 aromatic heterocycles. The third kappa shape index (κ3) is 4.61. The number of hydrogen-bond acceptors (Lipinski definition) is 6. The van der Waals surface area contributed by atoms with Gasteiger partial charge in [0.25, 0.3) is 10.0 Å². The fourth-order valence-corrected chi connectivity index (χ4v) is 7.75. The van der Waals surface area contributed by atoms with Crippen LogP contribution in [0.1, 0.15) is 38.2 Å². The van der Waals surface area contributed by atoms with Crippen LogP contribution in [0.2, 0.25) is 0 Å². The highest BCUT2D eigenvalue weighted by Crippen LogP contribution is 2.35. The van der Waals surface area contributed by atoms with Crippen LogP contribution in [-0.2, 0) is 10.0 Å². The first-order valence-corrected chi connectivity index (χ1v) is 13.2. The maximum absolute atomic E-state index is 13.2. The zero-order valence-corrected chi connectivity index (χ0v) is 19.6. The van der Waals surface area contributed by atoms with Crippen LogP contribution in [0.4, 0.5) is 0 Å². The van der Waals surface area contributed by atoms with E-state index in [2.05, 4.69) is 35.9 Å². The highest BCUT2D eigenvalue weighted by molar-refractivity contribution is 7.99. The third-order valence-corrected chi connectivity index (χ3v) is 9.67. The summed E-state index contributed by atoms with van der Waals surface area (Å²) in [7, 11) is -3.47. The molecule has 158 valence electrons. The van der Waals surface area contributed by atoms with Gasteiger partial charge in [-0.05, 0) is 68.3 Å². The predicted molar refractivity (Wildman–Crippen MR) is 122 cm³/mol. The first-order valence-electron chi connectivity index (χ1n) is 10.2. The molecule has 0 aliphatic carbocycles. The van der Waals surface area contributed by atoms with Gasteiger partial charge in [-0.25, -0.2) is 18.4 Å². The summed E-state index contributed by atoms with van der Waals surface area (Å²) < 4.78 is 28.6. The standard InChI is InChI=1S/C22H25N3O2S3/c1-3-17-8-4-5-14-25(17)30(26,27)21-11-10-20(29-21)19-12-13-23-22(24-19)28-18-9-6-7-16(2)15-18/h6-7,9-13,15,17H,3-5,8,14H2,1-2H3. The van der Waals surface area contributed by atoms with Crippen molar-refractivity contribution in [3.8, 4) is 10.6 Å². The molecule has 3 aromatic rings. The van der Waals surface area contributed by atoms with E-state index in [-0.39, 0.29) is 6.04 Å². The lowest BCUT2D eigenvalue weighted by Crippen LogP contribution is -2.42. The predicted octanol–water partition coefficient (Wildman–Crippen LogP) is 5.62. The van der Waals surface area contributed by atoms with Crippen molar-refractivity contribution in [3.63, 3.8) is 0 Å². The van der Waals surface area contributed by atoms with E-state index >= 15 is 0 Å². The van der Waals surface area contributed by atoms with Crippen LogP contribution in [-0.4, -0.2) is 35.3 Å². The van der Waals surface area contributed by atoms with Crippen LogP contribution < -0.4 is 0 Å². The quantitative estimate of drug-likeness (QED) is 0.448. The third-order valence-electron chi connectivity index (χ3n) is 5.27. The maximum Gasteiger partial charge on any atom is 0.252 e. The molecule has 5 nitrogen and oxygen atoms in total. The average molecular weight is 460 g/mol.